The van der Waals surface area contributed by atoms with Crippen molar-refractivity contribution in [3.63, 3.8) is 0 Å². The van der Waals surface area contributed by atoms with E-state index in [1.807, 2.05) is 0 Å². The molecule has 0 aliphatic rings. The summed E-state index contributed by atoms with van der Waals surface area (Å²) < 4.78 is 18.4. The fourth-order valence-electron chi connectivity index (χ4n) is 1.92. The van der Waals surface area contributed by atoms with Crippen LogP contribution in [0.25, 0.3) is 0 Å². The number of aromatic nitrogens is 2. The predicted octanol–water partition coefficient (Wildman–Crippen LogP) is 3.11. The van der Waals surface area contributed by atoms with E-state index in [2.05, 4.69) is 20.6 Å². The van der Waals surface area contributed by atoms with Crippen molar-refractivity contribution < 1.29 is 9.13 Å². The molecule has 1 unspecified atom stereocenters. The highest BCUT2D eigenvalue weighted by Crippen LogP contribution is 2.26. The molecule has 1 aromatic carbocycles. The van der Waals surface area contributed by atoms with E-state index in [1.165, 1.54) is 18.5 Å². The first-order valence-electron chi connectivity index (χ1n) is 6.36. The van der Waals surface area contributed by atoms with Crippen molar-refractivity contribution in [3.8, 4) is 0 Å². The topological polar surface area (TPSA) is 59.1 Å². The van der Waals surface area contributed by atoms with Crippen molar-refractivity contribution in [2.45, 2.75) is 6.10 Å². The Hall–Kier alpha value is -1.92. The van der Waals surface area contributed by atoms with Gasteiger partial charge in [0.25, 0.3) is 0 Å². The maximum Gasteiger partial charge on any atom is 0.157 e. The number of hydrogen-bond acceptors (Lipinski definition) is 5. The van der Waals surface area contributed by atoms with Gasteiger partial charge < -0.3 is 15.4 Å². The van der Waals surface area contributed by atoms with Crippen molar-refractivity contribution in [1.29, 1.82) is 0 Å². The highest BCUT2D eigenvalue weighted by molar-refractivity contribution is 6.32. The maximum absolute atomic E-state index is 13.0. The lowest BCUT2D eigenvalue weighted by atomic mass is 10.1. The molecule has 1 atom stereocenters. The van der Waals surface area contributed by atoms with Gasteiger partial charge >= 0.3 is 0 Å². The Morgan fingerprint density at radius 1 is 1.29 bits per heavy atom. The highest BCUT2D eigenvalue weighted by atomic mass is 35.5. The van der Waals surface area contributed by atoms with Crippen LogP contribution in [0, 0.1) is 5.82 Å². The molecule has 2 rings (SSSR count). The lowest BCUT2D eigenvalue weighted by molar-refractivity contribution is 0.114. The van der Waals surface area contributed by atoms with Crippen molar-refractivity contribution in [3.05, 3.63) is 47.1 Å². The van der Waals surface area contributed by atoms with Gasteiger partial charge in [0.1, 0.15) is 17.8 Å². The molecule has 0 aliphatic heterocycles. The molecule has 0 amide bonds. The van der Waals surface area contributed by atoms with Crippen LogP contribution < -0.4 is 10.6 Å². The fraction of sp³-hybridized carbons (Fsp3) is 0.286. The Morgan fingerprint density at radius 3 is 2.62 bits per heavy atom. The maximum atomic E-state index is 13.0. The summed E-state index contributed by atoms with van der Waals surface area (Å²) in [5.74, 6) is 0.309. The Bertz CT molecular complexity index is 594. The summed E-state index contributed by atoms with van der Waals surface area (Å²) >= 11 is 5.99. The van der Waals surface area contributed by atoms with Gasteiger partial charge in [0, 0.05) is 20.7 Å². The zero-order valence-corrected chi connectivity index (χ0v) is 12.5. The summed E-state index contributed by atoms with van der Waals surface area (Å²) in [5.41, 5.74) is 1.49. The SMILES string of the molecule is CNc1c(Cl)ncnc1NCC(OC)c1ccc(F)cc1. The van der Waals surface area contributed by atoms with Crippen LogP contribution in [-0.2, 0) is 4.74 Å². The molecule has 0 aliphatic carbocycles. The van der Waals surface area contributed by atoms with E-state index < -0.39 is 0 Å². The van der Waals surface area contributed by atoms with Crippen molar-refractivity contribution in [1.82, 2.24) is 9.97 Å². The van der Waals surface area contributed by atoms with E-state index >= 15 is 0 Å². The third kappa shape index (κ3) is 3.80. The van der Waals surface area contributed by atoms with Crippen molar-refractivity contribution in [2.24, 2.45) is 0 Å². The standard InChI is InChI=1S/C14H16ClFN4O/c1-17-12-13(15)19-8-20-14(12)18-7-11(21-2)9-3-5-10(16)6-4-9/h3-6,8,11,17H,7H2,1-2H3,(H,18,19,20). The van der Waals surface area contributed by atoms with Gasteiger partial charge in [0.05, 0.1) is 6.10 Å². The van der Waals surface area contributed by atoms with Crippen LogP contribution in [-0.4, -0.2) is 30.7 Å². The monoisotopic (exact) mass is 310 g/mol. The third-order valence-corrected chi connectivity index (χ3v) is 3.32. The normalized spacial score (nSPS) is 12.0. The Kier molecular flexibility index (Phi) is 5.30. The van der Waals surface area contributed by atoms with Crippen LogP contribution in [0.1, 0.15) is 11.7 Å². The highest BCUT2D eigenvalue weighted by Gasteiger charge is 2.13. The number of ether oxygens (including phenoxy) is 1. The molecule has 1 heterocycles. The predicted molar refractivity (Wildman–Crippen MR) is 81.2 cm³/mol. The second kappa shape index (κ2) is 7.19. The fourth-order valence-corrected chi connectivity index (χ4v) is 2.15. The summed E-state index contributed by atoms with van der Waals surface area (Å²) in [5, 5.41) is 6.43. The molecule has 2 N–H and O–H groups in total. The van der Waals surface area contributed by atoms with Crippen LogP contribution in [0.3, 0.4) is 0 Å². The molecule has 0 saturated carbocycles. The van der Waals surface area contributed by atoms with Crippen LogP contribution in [0.2, 0.25) is 5.15 Å². The summed E-state index contributed by atoms with van der Waals surface area (Å²) in [6.45, 7) is 0.462. The van der Waals surface area contributed by atoms with Gasteiger partial charge in [-0.1, -0.05) is 23.7 Å². The van der Waals surface area contributed by atoms with Crippen molar-refractivity contribution >= 4 is 23.1 Å². The van der Waals surface area contributed by atoms with E-state index in [0.29, 0.717) is 23.2 Å². The van der Waals surface area contributed by atoms with Crippen molar-refractivity contribution in [2.75, 3.05) is 31.3 Å². The van der Waals surface area contributed by atoms with E-state index in [1.54, 1.807) is 26.3 Å². The van der Waals surface area contributed by atoms with E-state index in [4.69, 9.17) is 16.3 Å². The van der Waals surface area contributed by atoms with Gasteiger partial charge in [-0.15, -0.1) is 0 Å². The second-order valence-corrected chi connectivity index (χ2v) is 4.65. The van der Waals surface area contributed by atoms with Crippen LogP contribution in [0.15, 0.2) is 30.6 Å². The molecule has 21 heavy (non-hydrogen) atoms. The van der Waals surface area contributed by atoms with E-state index in [0.717, 1.165) is 5.56 Å². The van der Waals surface area contributed by atoms with Gasteiger partial charge in [-0.05, 0) is 17.7 Å². The number of methoxy groups -OCH3 is 1. The molecule has 1 aromatic heterocycles. The van der Waals surface area contributed by atoms with Gasteiger partial charge in [-0.25, -0.2) is 14.4 Å². The van der Waals surface area contributed by atoms with Gasteiger partial charge in [-0.3, -0.25) is 0 Å². The van der Waals surface area contributed by atoms with Gasteiger partial charge in [-0.2, -0.15) is 0 Å². The zero-order chi connectivity index (χ0) is 15.2. The molecule has 0 radical (unpaired) electrons. The molecule has 0 spiro atoms. The third-order valence-electron chi connectivity index (χ3n) is 3.03. The zero-order valence-electron chi connectivity index (χ0n) is 11.7. The smallest absolute Gasteiger partial charge is 0.157 e. The molecular weight excluding hydrogens is 295 g/mol. The summed E-state index contributed by atoms with van der Waals surface area (Å²) in [6, 6.07) is 6.19. The quantitative estimate of drug-likeness (QED) is 0.803. The molecule has 112 valence electrons. The minimum absolute atomic E-state index is 0.232. The number of nitrogens with one attached hydrogen (secondary N) is 2. The molecular formula is C14H16ClFN4O. The largest absolute Gasteiger partial charge is 0.383 e. The molecule has 5 nitrogen and oxygen atoms in total. The number of anilines is 2. The Balaban J connectivity index is 2.10. The Morgan fingerprint density at radius 2 is 2.00 bits per heavy atom. The molecule has 0 fully saturated rings. The lowest BCUT2D eigenvalue weighted by Gasteiger charge is -2.18. The van der Waals surface area contributed by atoms with E-state index in [-0.39, 0.29) is 11.9 Å². The number of benzene rings is 1. The number of nitrogens with zero attached hydrogens (tertiary/aromatic N) is 2. The van der Waals surface area contributed by atoms with Crippen LogP contribution >= 0.6 is 11.6 Å². The summed E-state index contributed by atoms with van der Waals surface area (Å²) in [7, 11) is 3.34. The molecule has 0 saturated heterocycles. The number of halogens is 2. The average molecular weight is 311 g/mol. The minimum Gasteiger partial charge on any atom is -0.383 e. The van der Waals surface area contributed by atoms with Gasteiger partial charge in [0.2, 0.25) is 0 Å². The van der Waals surface area contributed by atoms with Gasteiger partial charge in [0.15, 0.2) is 11.0 Å². The lowest BCUT2D eigenvalue weighted by Crippen LogP contribution is -2.16. The number of hydrogen-bond donors (Lipinski definition) is 2. The minimum atomic E-state index is -0.276. The summed E-state index contributed by atoms with van der Waals surface area (Å²) in [6.07, 6.45) is 1.15. The second-order valence-electron chi connectivity index (χ2n) is 4.29. The first kappa shape index (κ1) is 15.5. The van der Waals surface area contributed by atoms with Crippen LogP contribution in [0.5, 0.6) is 0 Å². The van der Waals surface area contributed by atoms with E-state index in [9.17, 15) is 4.39 Å². The molecule has 7 heteroatoms. The first-order chi connectivity index (χ1) is 10.2. The molecule has 0 bridgehead atoms. The Labute approximate surface area is 127 Å². The summed E-state index contributed by atoms with van der Waals surface area (Å²) in [4.78, 5) is 8.04. The number of rotatable bonds is 6. The molecule has 2 aromatic rings. The van der Waals surface area contributed by atoms with Crippen LogP contribution in [0.4, 0.5) is 15.9 Å². The first-order valence-corrected chi connectivity index (χ1v) is 6.74. The average Bonchev–Trinajstić information content (AvgIpc) is 2.49.